The minimum absolute atomic E-state index is 0. The molecule has 0 spiro atoms. The molecule has 2 atom stereocenters. The van der Waals surface area contributed by atoms with Crippen LogP contribution in [0.1, 0.15) is 26.3 Å². The molecule has 0 amide bonds. The fourth-order valence-electron chi connectivity index (χ4n) is 2.50. The summed E-state index contributed by atoms with van der Waals surface area (Å²) in [6, 6.07) is 11.4. The minimum Gasteiger partial charge on any atom is -0.315 e. The number of nitrogens with zero attached hydrogens (tertiary/aromatic N) is 1. The summed E-state index contributed by atoms with van der Waals surface area (Å²) in [5.74, 6) is 0.803. The fourth-order valence-corrected chi connectivity index (χ4v) is 2.50. The highest BCUT2D eigenvalue weighted by Gasteiger charge is 2.24. The van der Waals surface area contributed by atoms with E-state index >= 15 is 0 Å². The first-order valence-corrected chi connectivity index (χ1v) is 6.23. The molecule has 1 aliphatic rings. The van der Waals surface area contributed by atoms with E-state index in [1.54, 1.807) is 0 Å². The molecular weight excluding hydrogens is 208 g/mol. The van der Waals surface area contributed by atoms with Gasteiger partial charge in [-0.2, -0.15) is 0 Å². The first kappa shape index (κ1) is 14.2. The van der Waals surface area contributed by atoms with Crippen molar-refractivity contribution >= 4 is 0 Å². The van der Waals surface area contributed by atoms with E-state index in [0.717, 1.165) is 12.5 Å². The second kappa shape index (κ2) is 6.77. The maximum Gasteiger partial charge on any atom is 0.0234 e. The maximum absolute atomic E-state index is 3.43. The average molecular weight is 234 g/mol. The van der Waals surface area contributed by atoms with E-state index in [9.17, 15) is 0 Å². The van der Waals surface area contributed by atoms with Crippen molar-refractivity contribution in [1.29, 1.82) is 0 Å². The zero-order valence-electron chi connectivity index (χ0n) is 10.3. The molecule has 2 nitrogen and oxygen atoms in total. The summed E-state index contributed by atoms with van der Waals surface area (Å²) in [6.07, 6.45) is 1.30. The van der Waals surface area contributed by atoms with Crippen LogP contribution >= 0.6 is 0 Å². The largest absolute Gasteiger partial charge is 0.315 e. The van der Waals surface area contributed by atoms with Crippen molar-refractivity contribution in [2.75, 3.05) is 20.1 Å². The lowest BCUT2D eigenvalue weighted by Crippen LogP contribution is -2.48. The van der Waals surface area contributed by atoms with Crippen LogP contribution in [0.25, 0.3) is 0 Å². The standard InChI is InChI=1S/C14H22N2.CH4/c1-12-8-9-16(11-14(12)15-2)10-13-6-4-3-5-7-13;/h3-7,12,14-15H,8-11H2,1-2H3;1H4/t12-,14?;/m1./s1. The summed E-state index contributed by atoms with van der Waals surface area (Å²) in [5, 5.41) is 3.43. The van der Waals surface area contributed by atoms with Crippen LogP contribution in [0.15, 0.2) is 30.3 Å². The van der Waals surface area contributed by atoms with Gasteiger partial charge in [0.25, 0.3) is 0 Å². The zero-order chi connectivity index (χ0) is 11.4. The number of nitrogens with one attached hydrogen (secondary N) is 1. The van der Waals surface area contributed by atoms with Crippen molar-refractivity contribution < 1.29 is 0 Å². The van der Waals surface area contributed by atoms with Crippen LogP contribution in [0.5, 0.6) is 0 Å². The third kappa shape index (κ3) is 3.83. The molecule has 0 radical (unpaired) electrons. The summed E-state index contributed by atoms with van der Waals surface area (Å²) in [5.41, 5.74) is 1.42. The van der Waals surface area contributed by atoms with Gasteiger partial charge in [-0.15, -0.1) is 0 Å². The van der Waals surface area contributed by atoms with Crippen LogP contribution in [-0.2, 0) is 6.54 Å². The maximum atomic E-state index is 3.43. The van der Waals surface area contributed by atoms with Crippen molar-refractivity contribution in [1.82, 2.24) is 10.2 Å². The van der Waals surface area contributed by atoms with Crippen LogP contribution in [0.4, 0.5) is 0 Å². The topological polar surface area (TPSA) is 15.3 Å². The van der Waals surface area contributed by atoms with Crippen LogP contribution in [0.3, 0.4) is 0 Å². The van der Waals surface area contributed by atoms with E-state index in [4.69, 9.17) is 0 Å². The first-order chi connectivity index (χ1) is 7.79. The van der Waals surface area contributed by atoms with Gasteiger partial charge in [0.05, 0.1) is 0 Å². The highest BCUT2D eigenvalue weighted by molar-refractivity contribution is 5.14. The Hall–Kier alpha value is -0.860. The number of piperidine rings is 1. The van der Waals surface area contributed by atoms with Gasteiger partial charge >= 0.3 is 0 Å². The Bertz CT molecular complexity index is 310. The number of likely N-dealkylation sites (N-methyl/N-ethyl adjacent to an activating group) is 1. The molecule has 1 fully saturated rings. The van der Waals surface area contributed by atoms with Crippen molar-refractivity contribution in [3.63, 3.8) is 0 Å². The second-order valence-electron chi connectivity index (χ2n) is 4.88. The lowest BCUT2D eigenvalue weighted by molar-refractivity contribution is 0.147. The van der Waals surface area contributed by atoms with Crippen LogP contribution in [0, 0.1) is 5.92 Å². The SMILES string of the molecule is C.CNC1CN(Cc2ccccc2)CC[C@H]1C. The molecule has 1 saturated heterocycles. The molecular formula is C15H26N2. The molecule has 17 heavy (non-hydrogen) atoms. The molecule has 2 rings (SSSR count). The number of rotatable bonds is 3. The van der Waals surface area contributed by atoms with Gasteiger partial charge in [-0.1, -0.05) is 44.7 Å². The van der Waals surface area contributed by atoms with Crippen LogP contribution in [0.2, 0.25) is 0 Å². The third-order valence-corrected chi connectivity index (χ3v) is 3.66. The summed E-state index contributed by atoms with van der Waals surface area (Å²) in [4.78, 5) is 2.55. The lowest BCUT2D eigenvalue weighted by Gasteiger charge is -2.37. The fraction of sp³-hybridized carbons (Fsp3) is 0.600. The average Bonchev–Trinajstić information content (AvgIpc) is 2.33. The molecule has 1 unspecified atom stereocenters. The van der Waals surface area contributed by atoms with Crippen molar-refractivity contribution in [2.24, 2.45) is 5.92 Å². The van der Waals surface area contributed by atoms with Gasteiger partial charge in [0.2, 0.25) is 0 Å². The van der Waals surface area contributed by atoms with Crippen molar-refractivity contribution in [3.8, 4) is 0 Å². The van der Waals surface area contributed by atoms with E-state index in [2.05, 4.69) is 54.5 Å². The lowest BCUT2D eigenvalue weighted by atomic mass is 9.93. The molecule has 1 heterocycles. The van der Waals surface area contributed by atoms with Gasteiger partial charge in [-0.05, 0) is 31.5 Å². The molecule has 2 heteroatoms. The molecule has 1 aliphatic heterocycles. The number of hydrogen-bond donors (Lipinski definition) is 1. The summed E-state index contributed by atoms with van der Waals surface area (Å²) in [7, 11) is 2.08. The molecule has 0 aromatic heterocycles. The van der Waals surface area contributed by atoms with Gasteiger partial charge in [-0.25, -0.2) is 0 Å². The number of benzene rings is 1. The van der Waals surface area contributed by atoms with E-state index in [0.29, 0.717) is 6.04 Å². The predicted molar refractivity (Wildman–Crippen MR) is 75.1 cm³/mol. The Morgan fingerprint density at radius 3 is 2.65 bits per heavy atom. The Kier molecular flexibility index (Phi) is 5.66. The van der Waals surface area contributed by atoms with Crippen LogP contribution in [-0.4, -0.2) is 31.1 Å². The molecule has 1 aromatic rings. The Labute approximate surface area is 106 Å². The second-order valence-corrected chi connectivity index (χ2v) is 4.88. The van der Waals surface area contributed by atoms with Gasteiger partial charge in [-0.3, -0.25) is 4.90 Å². The van der Waals surface area contributed by atoms with Gasteiger partial charge in [0.15, 0.2) is 0 Å². The van der Waals surface area contributed by atoms with Gasteiger partial charge in [0.1, 0.15) is 0 Å². The Balaban J connectivity index is 0.00000144. The van der Waals surface area contributed by atoms with E-state index in [1.807, 2.05) is 0 Å². The van der Waals surface area contributed by atoms with E-state index in [1.165, 1.54) is 25.1 Å². The third-order valence-electron chi connectivity index (χ3n) is 3.66. The number of likely N-dealkylation sites (tertiary alicyclic amines) is 1. The molecule has 1 N–H and O–H groups in total. The summed E-state index contributed by atoms with van der Waals surface area (Å²) in [6.45, 7) is 5.84. The normalized spacial score (nSPS) is 25.3. The Morgan fingerprint density at radius 1 is 1.29 bits per heavy atom. The number of hydrogen-bond acceptors (Lipinski definition) is 2. The minimum atomic E-state index is 0. The summed E-state index contributed by atoms with van der Waals surface area (Å²) >= 11 is 0. The highest BCUT2D eigenvalue weighted by atomic mass is 15.2. The predicted octanol–water partition coefficient (Wildman–Crippen LogP) is 2.75. The highest BCUT2D eigenvalue weighted by Crippen LogP contribution is 2.18. The van der Waals surface area contributed by atoms with Crippen molar-refractivity contribution in [3.05, 3.63) is 35.9 Å². The molecule has 1 aromatic carbocycles. The van der Waals surface area contributed by atoms with Crippen LogP contribution < -0.4 is 5.32 Å². The zero-order valence-corrected chi connectivity index (χ0v) is 10.3. The quantitative estimate of drug-likeness (QED) is 0.865. The smallest absolute Gasteiger partial charge is 0.0234 e. The van der Waals surface area contributed by atoms with Crippen molar-refractivity contribution in [2.45, 2.75) is 33.4 Å². The molecule has 0 aliphatic carbocycles. The van der Waals surface area contributed by atoms with Gasteiger partial charge < -0.3 is 5.32 Å². The molecule has 96 valence electrons. The molecule has 0 bridgehead atoms. The van der Waals surface area contributed by atoms with Gasteiger partial charge in [0, 0.05) is 19.1 Å². The first-order valence-electron chi connectivity index (χ1n) is 6.23. The molecule has 0 saturated carbocycles. The summed E-state index contributed by atoms with van der Waals surface area (Å²) < 4.78 is 0. The van der Waals surface area contributed by atoms with E-state index < -0.39 is 0 Å². The monoisotopic (exact) mass is 234 g/mol. The Morgan fingerprint density at radius 2 is 2.00 bits per heavy atom. The van der Waals surface area contributed by atoms with E-state index in [-0.39, 0.29) is 7.43 Å².